The van der Waals surface area contributed by atoms with Gasteiger partial charge in [0.2, 0.25) is 5.91 Å². The number of hydrogen-bond donors (Lipinski definition) is 0. The zero-order chi connectivity index (χ0) is 9.47. The Labute approximate surface area is 80.3 Å². The highest BCUT2D eigenvalue weighted by Crippen LogP contribution is 2.46. The van der Waals surface area contributed by atoms with Crippen molar-refractivity contribution >= 4 is 5.91 Å². The van der Waals surface area contributed by atoms with Crippen LogP contribution in [0.4, 0.5) is 0 Å². The molecule has 1 heterocycles. The van der Waals surface area contributed by atoms with Gasteiger partial charge in [-0.2, -0.15) is 0 Å². The van der Waals surface area contributed by atoms with Crippen LogP contribution in [0.25, 0.3) is 0 Å². The molecule has 2 nitrogen and oxygen atoms in total. The van der Waals surface area contributed by atoms with Gasteiger partial charge in [0.15, 0.2) is 0 Å². The summed E-state index contributed by atoms with van der Waals surface area (Å²) in [6, 6.07) is 0. The Bertz CT molecular complexity index is 212. The Balaban J connectivity index is 1.96. The molecule has 0 aromatic heterocycles. The average Bonchev–Trinajstić information content (AvgIpc) is 2.52. The molecule has 13 heavy (non-hydrogen) atoms. The third-order valence-electron chi connectivity index (χ3n) is 3.51. The molecule has 74 valence electrons. The maximum atomic E-state index is 12.0. The summed E-state index contributed by atoms with van der Waals surface area (Å²) in [4.78, 5) is 14.1. The summed E-state index contributed by atoms with van der Waals surface area (Å²) in [6.07, 6.45) is 4.61. The van der Waals surface area contributed by atoms with Crippen molar-refractivity contribution < 1.29 is 4.79 Å². The van der Waals surface area contributed by atoms with E-state index in [1.807, 2.05) is 0 Å². The van der Waals surface area contributed by atoms with Crippen molar-refractivity contribution in [1.29, 1.82) is 0 Å². The maximum Gasteiger partial charge on any atom is 0.228 e. The van der Waals surface area contributed by atoms with Gasteiger partial charge in [0.1, 0.15) is 0 Å². The van der Waals surface area contributed by atoms with Crippen LogP contribution in [-0.2, 0) is 4.79 Å². The van der Waals surface area contributed by atoms with Gasteiger partial charge in [-0.25, -0.2) is 0 Å². The Morgan fingerprint density at radius 2 is 1.85 bits per heavy atom. The number of carbonyl (C=O) groups excluding carboxylic acids is 1. The van der Waals surface area contributed by atoms with E-state index in [9.17, 15) is 4.79 Å². The van der Waals surface area contributed by atoms with Gasteiger partial charge in [0.25, 0.3) is 0 Å². The molecule has 2 aliphatic rings. The van der Waals surface area contributed by atoms with Crippen LogP contribution in [-0.4, -0.2) is 23.9 Å². The first-order chi connectivity index (χ1) is 6.12. The quantitative estimate of drug-likeness (QED) is 0.606. The zero-order valence-electron chi connectivity index (χ0n) is 8.68. The van der Waals surface area contributed by atoms with E-state index >= 15 is 0 Å². The second kappa shape index (κ2) is 3.00. The summed E-state index contributed by atoms with van der Waals surface area (Å²) in [6.45, 7) is 6.37. The molecule has 1 aliphatic heterocycles. The van der Waals surface area contributed by atoms with Crippen LogP contribution in [0.1, 0.15) is 39.5 Å². The Morgan fingerprint density at radius 3 is 2.31 bits per heavy atom. The Morgan fingerprint density at radius 1 is 1.31 bits per heavy atom. The van der Waals surface area contributed by atoms with Crippen molar-refractivity contribution in [2.45, 2.75) is 39.5 Å². The molecule has 0 unspecified atom stereocenters. The number of nitrogens with zero attached hydrogens (tertiary/aromatic N) is 1. The van der Waals surface area contributed by atoms with Crippen LogP contribution in [0.15, 0.2) is 0 Å². The molecular formula is C11H19NO. The summed E-state index contributed by atoms with van der Waals surface area (Å²) in [7, 11) is 0. The smallest absolute Gasteiger partial charge is 0.228 e. The van der Waals surface area contributed by atoms with Crippen molar-refractivity contribution in [1.82, 2.24) is 4.90 Å². The molecule has 1 amide bonds. The fraction of sp³-hybridized carbons (Fsp3) is 0.909. The normalized spacial score (nSPS) is 38.9. The summed E-state index contributed by atoms with van der Waals surface area (Å²) in [5.41, 5.74) is 0.00373. The number of amides is 1. The van der Waals surface area contributed by atoms with Crippen molar-refractivity contribution in [2.75, 3.05) is 13.1 Å². The van der Waals surface area contributed by atoms with Crippen LogP contribution in [0.3, 0.4) is 0 Å². The molecule has 2 fully saturated rings. The van der Waals surface area contributed by atoms with Gasteiger partial charge in [-0.15, -0.1) is 0 Å². The summed E-state index contributed by atoms with van der Waals surface area (Å²) < 4.78 is 0. The fourth-order valence-corrected chi connectivity index (χ4v) is 2.95. The second-order valence-electron chi connectivity index (χ2n) is 5.07. The van der Waals surface area contributed by atoms with Crippen molar-refractivity contribution in [2.24, 2.45) is 11.3 Å². The minimum Gasteiger partial charge on any atom is -0.342 e. The lowest BCUT2D eigenvalue weighted by atomic mass is 9.63. The van der Waals surface area contributed by atoms with Gasteiger partial charge in [0, 0.05) is 18.5 Å². The van der Waals surface area contributed by atoms with E-state index in [1.54, 1.807) is 0 Å². The monoisotopic (exact) mass is 181 g/mol. The molecule has 0 spiro atoms. The molecule has 1 aliphatic carbocycles. The highest BCUT2D eigenvalue weighted by molar-refractivity contribution is 5.83. The van der Waals surface area contributed by atoms with Crippen LogP contribution >= 0.6 is 0 Å². The van der Waals surface area contributed by atoms with Crippen molar-refractivity contribution in [3.63, 3.8) is 0 Å². The predicted octanol–water partition coefficient (Wildman–Crippen LogP) is 2.04. The molecule has 0 atom stereocenters. The van der Waals surface area contributed by atoms with Crippen molar-refractivity contribution in [3.8, 4) is 0 Å². The van der Waals surface area contributed by atoms with Gasteiger partial charge in [-0.05, 0) is 31.6 Å². The van der Waals surface area contributed by atoms with Gasteiger partial charge < -0.3 is 4.90 Å². The molecule has 1 saturated carbocycles. The Hall–Kier alpha value is -0.530. The number of carbonyl (C=O) groups is 1. The molecule has 1 saturated heterocycles. The molecule has 0 aromatic rings. The van der Waals surface area contributed by atoms with E-state index in [-0.39, 0.29) is 5.41 Å². The first-order valence-corrected chi connectivity index (χ1v) is 5.41. The molecule has 2 heteroatoms. The van der Waals surface area contributed by atoms with Crippen LogP contribution in [0.5, 0.6) is 0 Å². The van der Waals surface area contributed by atoms with E-state index in [2.05, 4.69) is 18.7 Å². The maximum absolute atomic E-state index is 12.0. The lowest BCUT2D eigenvalue weighted by molar-refractivity contribution is -0.147. The third-order valence-corrected chi connectivity index (χ3v) is 3.51. The minimum atomic E-state index is 0.00373. The highest BCUT2D eigenvalue weighted by Gasteiger charge is 2.46. The molecule has 2 rings (SSSR count). The Kier molecular flexibility index (Phi) is 2.09. The summed E-state index contributed by atoms with van der Waals surface area (Å²) in [5.74, 6) is 1.18. The fourth-order valence-electron chi connectivity index (χ4n) is 2.95. The van der Waals surface area contributed by atoms with Crippen LogP contribution < -0.4 is 0 Å². The molecule has 0 radical (unpaired) electrons. The van der Waals surface area contributed by atoms with Gasteiger partial charge in [0.05, 0.1) is 0 Å². The predicted molar refractivity (Wildman–Crippen MR) is 52.3 cm³/mol. The number of rotatable bonds is 1. The lowest BCUT2D eigenvalue weighted by Crippen LogP contribution is -2.47. The SMILES string of the molecule is CC1CC(C)(C(=O)N2CCCC2)C1. The average molecular weight is 181 g/mol. The lowest BCUT2D eigenvalue weighted by Gasteiger charge is -2.44. The molecule has 0 aromatic carbocycles. The topological polar surface area (TPSA) is 20.3 Å². The summed E-state index contributed by atoms with van der Waals surface area (Å²) in [5, 5.41) is 0. The number of hydrogen-bond acceptors (Lipinski definition) is 1. The molecular weight excluding hydrogens is 162 g/mol. The first-order valence-electron chi connectivity index (χ1n) is 5.41. The molecule has 0 bridgehead atoms. The highest BCUT2D eigenvalue weighted by atomic mass is 16.2. The van der Waals surface area contributed by atoms with Gasteiger partial charge >= 0.3 is 0 Å². The second-order valence-corrected chi connectivity index (χ2v) is 5.07. The third kappa shape index (κ3) is 1.47. The van der Waals surface area contributed by atoms with E-state index in [1.165, 1.54) is 12.8 Å². The standard InChI is InChI=1S/C11H19NO/c1-9-7-11(2,8-9)10(13)12-5-3-4-6-12/h9H,3-8H2,1-2H3. The minimum absolute atomic E-state index is 0.00373. The van der Waals surface area contributed by atoms with Crippen LogP contribution in [0, 0.1) is 11.3 Å². The zero-order valence-corrected chi connectivity index (χ0v) is 8.68. The summed E-state index contributed by atoms with van der Waals surface area (Å²) >= 11 is 0. The van der Waals surface area contributed by atoms with E-state index in [0.29, 0.717) is 5.91 Å². The van der Waals surface area contributed by atoms with E-state index in [4.69, 9.17) is 0 Å². The number of likely N-dealkylation sites (tertiary alicyclic amines) is 1. The van der Waals surface area contributed by atoms with Gasteiger partial charge in [-0.1, -0.05) is 13.8 Å². The largest absolute Gasteiger partial charge is 0.342 e. The van der Waals surface area contributed by atoms with Crippen molar-refractivity contribution in [3.05, 3.63) is 0 Å². The van der Waals surface area contributed by atoms with Gasteiger partial charge in [-0.3, -0.25) is 4.79 Å². The van der Waals surface area contributed by atoms with E-state index < -0.39 is 0 Å². The van der Waals surface area contributed by atoms with E-state index in [0.717, 1.165) is 31.8 Å². The first kappa shape index (κ1) is 9.04. The van der Waals surface area contributed by atoms with Crippen LogP contribution in [0.2, 0.25) is 0 Å². The molecule has 0 N–H and O–H groups in total.